The van der Waals surface area contributed by atoms with Crippen molar-refractivity contribution in [2.75, 3.05) is 48.7 Å². The van der Waals surface area contributed by atoms with Crippen molar-refractivity contribution in [2.24, 2.45) is 0 Å². The molecule has 0 saturated carbocycles. The fourth-order valence-electron chi connectivity index (χ4n) is 2.90. The van der Waals surface area contributed by atoms with Crippen LogP contribution >= 0.6 is 11.6 Å². The zero-order valence-corrected chi connectivity index (χ0v) is 15.3. The molecule has 1 aliphatic heterocycles. The van der Waals surface area contributed by atoms with Crippen molar-refractivity contribution >= 4 is 40.6 Å². The van der Waals surface area contributed by atoms with Crippen LogP contribution in [0, 0.1) is 17.0 Å². The van der Waals surface area contributed by atoms with Crippen LogP contribution in [0.15, 0.2) is 16.8 Å². The van der Waals surface area contributed by atoms with E-state index in [9.17, 15) is 14.9 Å². The van der Waals surface area contributed by atoms with Gasteiger partial charge in [0.2, 0.25) is 17.6 Å². The highest BCUT2D eigenvalue weighted by Crippen LogP contribution is 2.38. The van der Waals surface area contributed by atoms with Gasteiger partial charge in [-0.05, 0) is 6.92 Å². The van der Waals surface area contributed by atoms with Gasteiger partial charge in [0.25, 0.3) is 0 Å². The summed E-state index contributed by atoms with van der Waals surface area (Å²) in [6.07, 6.45) is 1.30. The molecule has 1 saturated heterocycles. The number of amides is 1. The number of rotatable bonds is 5. The number of carbonyl (C=O) groups excluding carboxylic acids is 1. The number of aryl methyl sites for hydroxylation is 1. The second-order valence-corrected chi connectivity index (χ2v) is 6.50. The average Bonchev–Trinajstić information content (AvgIpc) is 3.02. The number of hydrogen-bond acceptors (Lipinski definition) is 9. The third kappa shape index (κ3) is 4.26. The Kier molecular flexibility index (Phi) is 5.42. The van der Waals surface area contributed by atoms with Crippen molar-refractivity contribution in [3.05, 3.63) is 33.1 Å². The van der Waals surface area contributed by atoms with Crippen molar-refractivity contribution in [1.29, 1.82) is 0 Å². The zero-order chi connectivity index (χ0) is 19.6. The van der Waals surface area contributed by atoms with Gasteiger partial charge in [-0.2, -0.15) is 0 Å². The first-order valence-corrected chi connectivity index (χ1v) is 8.51. The molecule has 1 amide bonds. The summed E-state index contributed by atoms with van der Waals surface area (Å²) in [5, 5.41) is 17.9. The summed E-state index contributed by atoms with van der Waals surface area (Å²) in [5.41, 5.74) is 6.29. The van der Waals surface area contributed by atoms with Crippen LogP contribution in [-0.2, 0) is 4.79 Å². The molecular formula is C15H18ClN7O4. The minimum Gasteiger partial charge on any atom is -0.378 e. The van der Waals surface area contributed by atoms with Crippen LogP contribution in [0.4, 0.5) is 23.1 Å². The number of aromatic nitrogens is 2. The number of nitrogens with two attached hydrogens (primary N) is 1. The lowest BCUT2D eigenvalue weighted by Crippen LogP contribution is -2.49. The van der Waals surface area contributed by atoms with Crippen LogP contribution in [0.25, 0.3) is 0 Å². The Morgan fingerprint density at radius 2 is 2.15 bits per heavy atom. The fraction of sp³-hybridized carbons (Fsp3) is 0.400. The summed E-state index contributed by atoms with van der Waals surface area (Å²) in [5.74, 6) is -0.105. The zero-order valence-electron chi connectivity index (χ0n) is 14.5. The molecule has 0 radical (unpaired) electrons. The molecule has 1 aliphatic rings. The van der Waals surface area contributed by atoms with E-state index in [0.717, 1.165) is 0 Å². The van der Waals surface area contributed by atoms with Crippen molar-refractivity contribution < 1.29 is 14.2 Å². The van der Waals surface area contributed by atoms with E-state index in [0.29, 0.717) is 37.8 Å². The van der Waals surface area contributed by atoms with Gasteiger partial charge in [0.15, 0.2) is 0 Å². The number of nitrogens with zero attached hydrogens (tertiary/aromatic N) is 5. The van der Waals surface area contributed by atoms with Gasteiger partial charge < -0.3 is 15.2 Å². The number of anilines is 3. The van der Waals surface area contributed by atoms with Gasteiger partial charge in [-0.1, -0.05) is 16.8 Å². The van der Waals surface area contributed by atoms with Gasteiger partial charge in [-0.25, -0.2) is 4.98 Å². The van der Waals surface area contributed by atoms with Crippen molar-refractivity contribution in [3.8, 4) is 0 Å². The standard InChI is InChI=1S/C15H18ClN7O4/c1-9-6-12(27-20-9)19-11(24)8-21-2-4-22(5-3-21)13-10(16)7-18-15(17)14(13)23(25)26/h6-7H,2-5,8H2,1H3,(H2,17,18)(H,19,24). The molecular weight excluding hydrogens is 378 g/mol. The van der Waals surface area contributed by atoms with Crippen molar-refractivity contribution in [3.63, 3.8) is 0 Å². The van der Waals surface area contributed by atoms with Crippen LogP contribution in [0.3, 0.4) is 0 Å². The SMILES string of the molecule is Cc1cc(NC(=O)CN2CCN(c3c(Cl)cnc(N)c3[N+](=O)[O-])CC2)on1. The highest BCUT2D eigenvalue weighted by atomic mass is 35.5. The Balaban J connectivity index is 1.62. The number of nitro groups is 1. The third-order valence-electron chi connectivity index (χ3n) is 4.14. The van der Waals surface area contributed by atoms with Crippen LogP contribution in [0.2, 0.25) is 5.02 Å². The van der Waals surface area contributed by atoms with Crippen LogP contribution in [0.1, 0.15) is 5.69 Å². The molecule has 27 heavy (non-hydrogen) atoms. The van der Waals surface area contributed by atoms with Gasteiger partial charge >= 0.3 is 5.69 Å². The van der Waals surface area contributed by atoms with Crippen molar-refractivity contribution in [1.82, 2.24) is 15.0 Å². The van der Waals surface area contributed by atoms with E-state index in [1.54, 1.807) is 17.9 Å². The molecule has 0 aromatic carbocycles. The Hall–Kier alpha value is -2.92. The summed E-state index contributed by atoms with van der Waals surface area (Å²) in [6.45, 7) is 3.89. The van der Waals surface area contributed by atoms with Crippen LogP contribution in [0.5, 0.6) is 0 Å². The first-order chi connectivity index (χ1) is 12.8. The topological polar surface area (TPSA) is 144 Å². The van der Waals surface area contributed by atoms with E-state index < -0.39 is 4.92 Å². The highest BCUT2D eigenvalue weighted by Gasteiger charge is 2.30. The molecule has 0 unspecified atom stereocenters. The number of halogens is 1. The van der Waals surface area contributed by atoms with Crippen LogP contribution < -0.4 is 16.0 Å². The lowest BCUT2D eigenvalue weighted by Gasteiger charge is -2.35. The second-order valence-electron chi connectivity index (χ2n) is 6.09. The average molecular weight is 396 g/mol. The van der Waals surface area contributed by atoms with Gasteiger partial charge in [0.05, 0.1) is 28.4 Å². The quantitative estimate of drug-likeness (QED) is 0.564. The van der Waals surface area contributed by atoms with Gasteiger partial charge in [0, 0.05) is 32.2 Å². The molecule has 0 spiro atoms. The minimum absolute atomic E-state index is 0.169. The first-order valence-electron chi connectivity index (χ1n) is 8.14. The predicted octanol–water partition coefficient (Wildman–Crippen LogP) is 1.28. The minimum atomic E-state index is -0.581. The Morgan fingerprint density at radius 1 is 1.44 bits per heavy atom. The number of nitrogen functional groups attached to an aromatic ring is 1. The second kappa shape index (κ2) is 7.76. The third-order valence-corrected chi connectivity index (χ3v) is 4.42. The lowest BCUT2D eigenvalue weighted by molar-refractivity contribution is -0.383. The van der Waals surface area contributed by atoms with E-state index in [-0.39, 0.29) is 34.7 Å². The first kappa shape index (κ1) is 18.9. The molecule has 3 rings (SSSR count). The Labute approximate surface area is 159 Å². The van der Waals surface area contributed by atoms with Gasteiger partial charge in [-0.3, -0.25) is 25.1 Å². The maximum absolute atomic E-state index is 12.1. The Morgan fingerprint density at radius 3 is 2.74 bits per heavy atom. The number of hydrogen-bond donors (Lipinski definition) is 2. The summed E-state index contributed by atoms with van der Waals surface area (Å²) < 4.78 is 4.95. The summed E-state index contributed by atoms with van der Waals surface area (Å²) in [4.78, 5) is 30.3. The number of carbonyl (C=O) groups is 1. The monoisotopic (exact) mass is 395 g/mol. The fourth-order valence-corrected chi connectivity index (χ4v) is 3.15. The highest BCUT2D eigenvalue weighted by molar-refractivity contribution is 6.33. The molecule has 0 bridgehead atoms. The molecule has 11 nitrogen and oxygen atoms in total. The van der Waals surface area contributed by atoms with Gasteiger partial charge in [0.1, 0.15) is 5.69 Å². The molecule has 144 valence electrons. The van der Waals surface area contributed by atoms with Crippen molar-refractivity contribution in [2.45, 2.75) is 6.92 Å². The van der Waals surface area contributed by atoms with E-state index in [4.69, 9.17) is 21.9 Å². The lowest BCUT2D eigenvalue weighted by atomic mass is 10.2. The van der Waals surface area contributed by atoms with E-state index in [1.807, 2.05) is 4.90 Å². The molecule has 2 aromatic heterocycles. The normalized spacial score (nSPS) is 15.0. The van der Waals surface area contributed by atoms with Gasteiger partial charge in [-0.15, -0.1) is 0 Å². The maximum Gasteiger partial charge on any atom is 0.335 e. The molecule has 1 fully saturated rings. The summed E-state index contributed by atoms with van der Waals surface area (Å²) >= 11 is 6.13. The summed E-state index contributed by atoms with van der Waals surface area (Å²) in [6, 6.07) is 1.63. The molecule has 3 heterocycles. The molecule has 12 heteroatoms. The molecule has 3 N–H and O–H groups in total. The predicted molar refractivity (Wildman–Crippen MR) is 98.8 cm³/mol. The van der Waals surface area contributed by atoms with Crippen LogP contribution in [-0.4, -0.2) is 58.6 Å². The maximum atomic E-state index is 12.1. The molecule has 0 atom stereocenters. The largest absolute Gasteiger partial charge is 0.378 e. The molecule has 2 aromatic rings. The van der Waals surface area contributed by atoms with E-state index in [1.165, 1.54) is 6.20 Å². The number of pyridine rings is 1. The number of nitrogens with one attached hydrogen (secondary N) is 1. The number of piperazine rings is 1. The van der Waals surface area contributed by atoms with E-state index in [2.05, 4.69) is 15.5 Å². The molecule has 0 aliphatic carbocycles. The Bertz CT molecular complexity index is 864. The summed E-state index contributed by atoms with van der Waals surface area (Å²) in [7, 11) is 0. The smallest absolute Gasteiger partial charge is 0.335 e. The van der Waals surface area contributed by atoms with E-state index >= 15 is 0 Å².